The smallest absolute Gasteiger partial charge is 0.121 e. The topological polar surface area (TPSA) is 88.6 Å². The summed E-state index contributed by atoms with van der Waals surface area (Å²) in [5, 5.41) is 20.9. The van der Waals surface area contributed by atoms with Crippen molar-refractivity contribution in [2.24, 2.45) is 11.8 Å². The van der Waals surface area contributed by atoms with Gasteiger partial charge in [-0.05, 0) is 17.5 Å². The van der Waals surface area contributed by atoms with Gasteiger partial charge < -0.3 is 10.2 Å². The van der Waals surface area contributed by atoms with E-state index in [1.54, 1.807) is 0 Å². The molecule has 6 unspecified atom stereocenters. The molecule has 0 aliphatic carbocycles. The summed E-state index contributed by atoms with van der Waals surface area (Å²) in [7, 11) is 0. The predicted octanol–water partition coefficient (Wildman–Crippen LogP) is 0.941. The molecule has 4 rings (SSSR count). The van der Waals surface area contributed by atoms with Gasteiger partial charge in [0.25, 0.3) is 0 Å². The molecule has 6 atom stereocenters. The van der Waals surface area contributed by atoms with Crippen molar-refractivity contribution in [2.75, 3.05) is 0 Å². The standard InChI is InChI=1S/C19H24N4O2.Zn/c24-18-14(16(20-22-18)12-7-3-1-4-8-12)11-15-17(21-23-19(15)25)13-9-5-2-6-10-13;/h1-10,14-25H,11H2;. The molecule has 134 valence electrons. The van der Waals surface area contributed by atoms with E-state index in [4.69, 9.17) is 0 Å². The predicted molar refractivity (Wildman–Crippen MR) is 94.5 cm³/mol. The van der Waals surface area contributed by atoms with Crippen LogP contribution < -0.4 is 21.7 Å². The Hall–Kier alpha value is -1.18. The largest absolute Gasteiger partial charge is 0.377 e. The van der Waals surface area contributed by atoms with E-state index in [9.17, 15) is 10.2 Å². The van der Waals surface area contributed by atoms with Crippen LogP contribution in [0.15, 0.2) is 60.7 Å². The van der Waals surface area contributed by atoms with E-state index in [0.717, 1.165) is 11.1 Å². The number of nitrogens with one attached hydrogen (secondary N) is 4. The molecule has 2 heterocycles. The second kappa shape index (κ2) is 8.67. The van der Waals surface area contributed by atoms with Gasteiger partial charge in [0, 0.05) is 31.3 Å². The zero-order valence-electron chi connectivity index (χ0n) is 14.5. The molecule has 2 aromatic rings. The van der Waals surface area contributed by atoms with Crippen molar-refractivity contribution in [1.82, 2.24) is 21.7 Å². The Morgan fingerprint density at radius 1 is 0.615 bits per heavy atom. The van der Waals surface area contributed by atoms with Crippen LogP contribution in [0.5, 0.6) is 0 Å². The molecule has 0 saturated carbocycles. The van der Waals surface area contributed by atoms with Crippen LogP contribution >= 0.6 is 0 Å². The second-order valence-electron chi connectivity index (χ2n) is 6.81. The Labute approximate surface area is 166 Å². The molecule has 6 nitrogen and oxygen atoms in total. The van der Waals surface area contributed by atoms with Crippen molar-refractivity contribution in [3.63, 3.8) is 0 Å². The molecule has 0 bridgehead atoms. The van der Waals surface area contributed by atoms with Gasteiger partial charge in [-0.15, -0.1) is 0 Å². The van der Waals surface area contributed by atoms with Crippen molar-refractivity contribution in [1.29, 1.82) is 0 Å². The summed E-state index contributed by atoms with van der Waals surface area (Å²) in [6.45, 7) is 0. The summed E-state index contributed by atoms with van der Waals surface area (Å²) in [4.78, 5) is 0. The number of hydrogen-bond acceptors (Lipinski definition) is 6. The summed E-state index contributed by atoms with van der Waals surface area (Å²) in [6.07, 6.45) is -0.648. The van der Waals surface area contributed by atoms with Crippen LogP contribution in [0.2, 0.25) is 0 Å². The van der Waals surface area contributed by atoms with Crippen molar-refractivity contribution in [3.8, 4) is 0 Å². The van der Waals surface area contributed by atoms with E-state index in [-0.39, 0.29) is 43.4 Å². The van der Waals surface area contributed by atoms with Gasteiger partial charge >= 0.3 is 0 Å². The molecule has 0 spiro atoms. The Morgan fingerprint density at radius 3 is 1.38 bits per heavy atom. The normalized spacial score (nSPS) is 33.8. The monoisotopic (exact) mass is 404 g/mol. The molecule has 0 radical (unpaired) electrons. The minimum absolute atomic E-state index is 0. The number of hydrogen-bond donors (Lipinski definition) is 6. The molecule has 2 aliphatic rings. The van der Waals surface area contributed by atoms with Crippen molar-refractivity contribution in [3.05, 3.63) is 71.8 Å². The van der Waals surface area contributed by atoms with Gasteiger partial charge in [0.05, 0.1) is 12.1 Å². The SMILES string of the molecule is OC1NNC(c2ccccc2)C1CC1C(O)NNC1c1ccccc1.[Zn]. The van der Waals surface area contributed by atoms with E-state index >= 15 is 0 Å². The minimum Gasteiger partial charge on any atom is -0.377 e. The van der Waals surface area contributed by atoms with Gasteiger partial charge in [0.15, 0.2) is 0 Å². The van der Waals surface area contributed by atoms with E-state index < -0.39 is 12.5 Å². The van der Waals surface area contributed by atoms with Crippen molar-refractivity contribution in [2.45, 2.75) is 31.0 Å². The van der Waals surface area contributed by atoms with E-state index in [2.05, 4.69) is 46.0 Å². The number of benzene rings is 2. The fourth-order valence-corrected chi connectivity index (χ4v) is 3.97. The maximum absolute atomic E-state index is 10.4. The van der Waals surface area contributed by atoms with Crippen LogP contribution in [-0.2, 0) is 19.5 Å². The van der Waals surface area contributed by atoms with Gasteiger partial charge in [-0.2, -0.15) is 0 Å². The summed E-state index contributed by atoms with van der Waals surface area (Å²) in [5.74, 6) is -0.0927. The number of hydrazine groups is 2. The number of aliphatic hydroxyl groups excluding tert-OH is 2. The third kappa shape index (κ3) is 3.90. The van der Waals surface area contributed by atoms with Gasteiger partial charge in [-0.1, -0.05) is 60.7 Å². The van der Waals surface area contributed by atoms with E-state index in [1.807, 2.05) is 36.4 Å². The van der Waals surface area contributed by atoms with E-state index in [0.29, 0.717) is 6.42 Å². The quantitative estimate of drug-likeness (QED) is 0.425. The Balaban J connectivity index is 0.00000196. The summed E-state index contributed by atoms with van der Waals surface area (Å²) in [5.41, 5.74) is 14.5. The Kier molecular flexibility index (Phi) is 6.53. The third-order valence-electron chi connectivity index (χ3n) is 5.30. The molecule has 2 aliphatic heterocycles. The molecule has 6 N–H and O–H groups in total. The average Bonchev–Trinajstić information content (AvgIpc) is 3.21. The van der Waals surface area contributed by atoms with Crippen molar-refractivity contribution >= 4 is 0 Å². The minimum atomic E-state index is -0.658. The van der Waals surface area contributed by atoms with Crippen LogP contribution in [-0.4, -0.2) is 22.7 Å². The first kappa shape index (κ1) is 19.6. The molecule has 0 aromatic heterocycles. The van der Waals surface area contributed by atoms with Crippen molar-refractivity contribution < 1.29 is 29.7 Å². The molecule has 2 aromatic carbocycles. The zero-order chi connectivity index (χ0) is 17.2. The van der Waals surface area contributed by atoms with Gasteiger partial charge in [-0.3, -0.25) is 0 Å². The first-order valence-corrected chi connectivity index (χ1v) is 8.72. The van der Waals surface area contributed by atoms with Crippen LogP contribution in [0.25, 0.3) is 0 Å². The maximum atomic E-state index is 10.4. The molecule has 7 heteroatoms. The molecule has 2 fully saturated rings. The molecule has 0 amide bonds. The number of aliphatic hydroxyl groups is 2. The van der Waals surface area contributed by atoms with E-state index in [1.165, 1.54) is 0 Å². The van der Waals surface area contributed by atoms with Crippen LogP contribution in [0, 0.1) is 11.8 Å². The molecular formula is C19H24N4O2Zn. The molecular weight excluding hydrogens is 382 g/mol. The van der Waals surface area contributed by atoms with Gasteiger partial charge in [-0.25, -0.2) is 21.7 Å². The Bertz CT molecular complexity index is 631. The first-order chi connectivity index (χ1) is 12.2. The van der Waals surface area contributed by atoms with Gasteiger partial charge in [0.1, 0.15) is 12.5 Å². The van der Waals surface area contributed by atoms with Crippen LogP contribution in [0.4, 0.5) is 0 Å². The zero-order valence-corrected chi connectivity index (χ0v) is 17.5. The summed E-state index contributed by atoms with van der Waals surface area (Å²) < 4.78 is 0. The van der Waals surface area contributed by atoms with Gasteiger partial charge in [0.2, 0.25) is 0 Å². The van der Waals surface area contributed by atoms with Crippen LogP contribution in [0.3, 0.4) is 0 Å². The summed E-state index contributed by atoms with van der Waals surface area (Å²) >= 11 is 0. The first-order valence-electron chi connectivity index (χ1n) is 8.72. The fraction of sp³-hybridized carbons (Fsp3) is 0.368. The fourth-order valence-electron chi connectivity index (χ4n) is 3.97. The Morgan fingerprint density at radius 2 is 1.00 bits per heavy atom. The average molecular weight is 406 g/mol. The molecule has 26 heavy (non-hydrogen) atoms. The second-order valence-corrected chi connectivity index (χ2v) is 6.81. The van der Waals surface area contributed by atoms with Crippen LogP contribution in [0.1, 0.15) is 29.6 Å². The number of rotatable bonds is 4. The third-order valence-corrected chi connectivity index (χ3v) is 5.30. The maximum Gasteiger partial charge on any atom is 0.121 e. The summed E-state index contributed by atoms with van der Waals surface area (Å²) in [6, 6.07) is 20.2. The molecule has 2 saturated heterocycles.